The lowest BCUT2D eigenvalue weighted by molar-refractivity contribution is 0.0950. The van der Waals surface area contributed by atoms with Crippen molar-refractivity contribution in [1.82, 2.24) is 15.0 Å². The molecule has 1 aliphatic heterocycles. The van der Waals surface area contributed by atoms with Gasteiger partial charge in [0.1, 0.15) is 11.5 Å². The predicted octanol–water partition coefficient (Wildman–Crippen LogP) is 3.11. The minimum Gasteiger partial charge on any atom is -0.334 e. The molecule has 1 N–H and O–H groups in total. The van der Waals surface area contributed by atoms with Crippen molar-refractivity contribution in [2.75, 3.05) is 0 Å². The van der Waals surface area contributed by atoms with Gasteiger partial charge in [0.2, 0.25) is 0 Å². The van der Waals surface area contributed by atoms with Crippen molar-refractivity contribution < 1.29 is 4.79 Å². The normalized spacial score (nSPS) is 14.2. The van der Waals surface area contributed by atoms with Gasteiger partial charge in [0, 0.05) is 19.2 Å². The van der Waals surface area contributed by atoms with Crippen LogP contribution in [0, 0.1) is 0 Å². The van der Waals surface area contributed by atoms with Crippen molar-refractivity contribution in [3.8, 4) is 0 Å². The second-order valence-corrected chi connectivity index (χ2v) is 6.21. The number of aromatic nitrogens is 2. The van der Waals surface area contributed by atoms with E-state index in [0.29, 0.717) is 11.6 Å². The van der Waals surface area contributed by atoms with E-state index in [9.17, 15) is 4.79 Å². The van der Waals surface area contributed by atoms with Crippen LogP contribution in [0.25, 0.3) is 0 Å². The summed E-state index contributed by atoms with van der Waals surface area (Å²) in [5.74, 6) is 1.24. The molecule has 1 amide bonds. The number of carbonyl (C=O) groups excluding carboxylic acids is 1. The second-order valence-electron chi connectivity index (χ2n) is 6.21. The first-order valence-corrected chi connectivity index (χ1v) is 8.13. The van der Waals surface area contributed by atoms with Crippen molar-refractivity contribution in [2.24, 2.45) is 5.10 Å². The van der Waals surface area contributed by atoms with Crippen LogP contribution in [0.3, 0.4) is 0 Å². The van der Waals surface area contributed by atoms with Crippen LogP contribution in [0.5, 0.6) is 0 Å². The molecule has 1 aromatic carbocycles. The summed E-state index contributed by atoms with van der Waals surface area (Å²) in [4.78, 5) is 16.5. The maximum atomic E-state index is 12.1. The Morgan fingerprint density at radius 3 is 2.78 bits per heavy atom. The fourth-order valence-electron chi connectivity index (χ4n) is 2.71. The SMILES string of the molecule is CC(C)c1ccc(/C=N\NC(=O)c2cn3c(n2)CCCC3)cc1. The lowest BCUT2D eigenvalue weighted by Gasteiger charge is -2.11. The Balaban J connectivity index is 1.61. The van der Waals surface area contributed by atoms with E-state index < -0.39 is 0 Å². The molecule has 0 aliphatic carbocycles. The maximum Gasteiger partial charge on any atom is 0.291 e. The van der Waals surface area contributed by atoms with Gasteiger partial charge in [0.05, 0.1) is 6.21 Å². The number of hydrogen-bond acceptors (Lipinski definition) is 3. The highest BCUT2D eigenvalue weighted by Crippen LogP contribution is 2.15. The van der Waals surface area contributed by atoms with Crippen LogP contribution in [-0.2, 0) is 13.0 Å². The van der Waals surface area contributed by atoms with Gasteiger partial charge in [-0.1, -0.05) is 38.1 Å². The molecule has 3 rings (SSSR count). The number of hydrogen-bond donors (Lipinski definition) is 1. The maximum absolute atomic E-state index is 12.1. The Hall–Kier alpha value is -2.43. The van der Waals surface area contributed by atoms with Crippen LogP contribution in [0.1, 0.15) is 60.0 Å². The Morgan fingerprint density at radius 2 is 2.09 bits per heavy atom. The molecule has 2 heterocycles. The smallest absolute Gasteiger partial charge is 0.291 e. The molecule has 0 spiro atoms. The third-order valence-electron chi connectivity index (χ3n) is 4.12. The van der Waals surface area contributed by atoms with Crippen LogP contribution >= 0.6 is 0 Å². The Morgan fingerprint density at radius 1 is 1.30 bits per heavy atom. The average Bonchev–Trinajstić information content (AvgIpc) is 2.99. The summed E-state index contributed by atoms with van der Waals surface area (Å²) in [5, 5.41) is 4.02. The molecule has 0 fully saturated rings. The molecule has 0 bridgehead atoms. The van der Waals surface area contributed by atoms with Gasteiger partial charge in [-0.3, -0.25) is 4.79 Å². The Labute approximate surface area is 136 Å². The molecule has 1 aliphatic rings. The predicted molar refractivity (Wildman–Crippen MR) is 90.8 cm³/mol. The highest BCUT2D eigenvalue weighted by molar-refractivity contribution is 5.93. The highest BCUT2D eigenvalue weighted by Gasteiger charge is 2.16. The van der Waals surface area contributed by atoms with Crippen LogP contribution in [0.15, 0.2) is 35.6 Å². The standard InChI is InChI=1S/C18H22N4O/c1-13(2)15-8-6-14(7-9-15)11-19-21-18(23)16-12-22-10-4-3-5-17(22)20-16/h6-9,11-13H,3-5,10H2,1-2H3,(H,21,23)/b19-11-. The van der Waals surface area contributed by atoms with Crippen LogP contribution in [0.4, 0.5) is 0 Å². The number of imidazole rings is 1. The summed E-state index contributed by atoms with van der Waals surface area (Å²) in [6.07, 6.45) is 6.70. The quantitative estimate of drug-likeness (QED) is 0.697. The van der Waals surface area contributed by atoms with E-state index in [1.54, 1.807) is 6.21 Å². The first-order valence-electron chi connectivity index (χ1n) is 8.13. The first-order chi connectivity index (χ1) is 11.1. The van der Waals surface area contributed by atoms with E-state index in [1.807, 2.05) is 18.3 Å². The van der Waals surface area contributed by atoms with Crippen LogP contribution in [0.2, 0.25) is 0 Å². The molecular weight excluding hydrogens is 288 g/mol. The third kappa shape index (κ3) is 3.67. The number of carbonyl (C=O) groups is 1. The van der Waals surface area contributed by atoms with E-state index in [4.69, 9.17) is 0 Å². The van der Waals surface area contributed by atoms with Gasteiger partial charge in [-0.2, -0.15) is 5.10 Å². The van der Waals surface area contributed by atoms with Gasteiger partial charge in [0.15, 0.2) is 0 Å². The van der Waals surface area contributed by atoms with Gasteiger partial charge in [-0.15, -0.1) is 0 Å². The molecule has 0 saturated heterocycles. The lowest BCUT2D eigenvalue weighted by atomic mass is 10.0. The fourth-order valence-corrected chi connectivity index (χ4v) is 2.71. The fraction of sp³-hybridized carbons (Fsp3) is 0.389. The van der Waals surface area contributed by atoms with Gasteiger partial charge >= 0.3 is 0 Å². The number of nitrogens with one attached hydrogen (secondary N) is 1. The molecule has 5 heteroatoms. The zero-order valence-corrected chi connectivity index (χ0v) is 13.6. The van der Waals surface area contributed by atoms with Crippen LogP contribution in [-0.4, -0.2) is 21.7 Å². The first kappa shape index (κ1) is 15.5. The molecule has 1 aromatic heterocycles. The number of rotatable bonds is 4. The van der Waals surface area contributed by atoms with E-state index in [2.05, 4.69) is 46.1 Å². The Bertz CT molecular complexity index is 690. The summed E-state index contributed by atoms with van der Waals surface area (Å²) < 4.78 is 2.06. The largest absolute Gasteiger partial charge is 0.334 e. The molecule has 0 radical (unpaired) electrons. The molecule has 0 unspecified atom stereocenters. The van der Waals surface area contributed by atoms with Gasteiger partial charge < -0.3 is 4.57 Å². The van der Waals surface area contributed by atoms with E-state index in [-0.39, 0.29) is 5.91 Å². The van der Waals surface area contributed by atoms with Crippen LogP contribution < -0.4 is 5.43 Å². The lowest BCUT2D eigenvalue weighted by Crippen LogP contribution is -2.18. The molecule has 23 heavy (non-hydrogen) atoms. The molecule has 0 saturated carbocycles. The third-order valence-corrected chi connectivity index (χ3v) is 4.12. The minimum atomic E-state index is -0.262. The molecule has 2 aromatic rings. The number of amides is 1. The van der Waals surface area contributed by atoms with Gasteiger partial charge in [0.25, 0.3) is 5.91 Å². The van der Waals surface area contributed by atoms with Crippen molar-refractivity contribution in [3.05, 3.63) is 53.1 Å². The van der Waals surface area contributed by atoms with E-state index in [1.165, 1.54) is 5.56 Å². The summed E-state index contributed by atoms with van der Waals surface area (Å²) in [7, 11) is 0. The Kier molecular flexibility index (Phi) is 4.55. The van der Waals surface area contributed by atoms with Gasteiger partial charge in [-0.25, -0.2) is 10.4 Å². The van der Waals surface area contributed by atoms with E-state index in [0.717, 1.165) is 37.2 Å². The van der Waals surface area contributed by atoms with Crippen molar-refractivity contribution >= 4 is 12.1 Å². The molecular formula is C18H22N4O. The average molecular weight is 310 g/mol. The zero-order valence-electron chi connectivity index (χ0n) is 13.6. The van der Waals surface area contributed by atoms with Crippen molar-refractivity contribution in [3.63, 3.8) is 0 Å². The topological polar surface area (TPSA) is 59.3 Å². The van der Waals surface area contributed by atoms with Crippen molar-refractivity contribution in [2.45, 2.75) is 45.6 Å². The summed E-state index contributed by atoms with van der Waals surface area (Å²) in [6.45, 7) is 5.27. The molecule has 120 valence electrons. The molecule has 5 nitrogen and oxygen atoms in total. The molecule has 0 atom stereocenters. The second kappa shape index (κ2) is 6.77. The summed E-state index contributed by atoms with van der Waals surface area (Å²) in [6, 6.07) is 8.16. The number of benzene rings is 1. The number of hydrazone groups is 1. The minimum absolute atomic E-state index is 0.262. The van der Waals surface area contributed by atoms with Crippen molar-refractivity contribution in [1.29, 1.82) is 0 Å². The highest BCUT2D eigenvalue weighted by atomic mass is 16.2. The monoisotopic (exact) mass is 310 g/mol. The zero-order chi connectivity index (χ0) is 16.2. The summed E-state index contributed by atoms with van der Waals surface area (Å²) in [5.41, 5.74) is 5.23. The summed E-state index contributed by atoms with van der Waals surface area (Å²) >= 11 is 0. The number of nitrogens with zero attached hydrogens (tertiary/aromatic N) is 3. The number of aryl methyl sites for hydroxylation is 2. The number of fused-ring (bicyclic) bond motifs is 1. The van der Waals surface area contributed by atoms with E-state index >= 15 is 0 Å². The van der Waals surface area contributed by atoms with Gasteiger partial charge in [-0.05, 0) is 29.9 Å².